The summed E-state index contributed by atoms with van der Waals surface area (Å²) >= 11 is 0. The van der Waals surface area contributed by atoms with Crippen molar-refractivity contribution in [2.24, 2.45) is 0 Å². The van der Waals surface area contributed by atoms with Crippen molar-refractivity contribution in [3.05, 3.63) is 59.4 Å². The third kappa shape index (κ3) is 5.57. The van der Waals surface area contributed by atoms with Gasteiger partial charge >= 0.3 is 0 Å². The van der Waals surface area contributed by atoms with Crippen molar-refractivity contribution in [2.45, 2.75) is 38.9 Å². The summed E-state index contributed by atoms with van der Waals surface area (Å²) in [7, 11) is 3.39. The Balaban J connectivity index is 1.64. The van der Waals surface area contributed by atoms with Crippen molar-refractivity contribution in [1.29, 1.82) is 0 Å². The third-order valence-electron chi connectivity index (χ3n) is 5.45. The Morgan fingerprint density at radius 1 is 1.30 bits per heavy atom. The number of ether oxygens (including phenoxy) is 1. The van der Waals surface area contributed by atoms with E-state index in [4.69, 9.17) is 4.74 Å². The van der Waals surface area contributed by atoms with Crippen LogP contribution in [0.4, 0.5) is 0 Å². The predicted octanol–water partition coefficient (Wildman–Crippen LogP) is 2.00. The van der Waals surface area contributed by atoms with Crippen LogP contribution in [0.5, 0.6) is 5.75 Å². The average Bonchev–Trinajstić information content (AvgIpc) is 2.76. The average molecular weight is 411 g/mol. The van der Waals surface area contributed by atoms with Crippen LogP contribution in [0.2, 0.25) is 0 Å². The molecule has 2 aromatic rings. The summed E-state index contributed by atoms with van der Waals surface area (Å²) in [6.07, 6.45) is 2.92. The zero-order valence-corrected chi connectivity index (χ0v) is 17.9. The van der Waals surface area contributed by atoms with Crippen molar-refractivity contribution in [2.75, 3.05) is 27.2 Å². The second-order valence-corrected chi connectivity index (χ2v) is 7.59. The normalized spacial score (nSPS) is 16.8. The van der Waals surface area contributed by atoms with E-state index in [-0.39, 0.29) is 18.2 Å². The first-order valence-electron chi connectivity index (χ1n) is 10.3. The van der Waals surface area contributed by atoms with E-state index in [1.54, 1.807) is 19.1 Å². The maximum absolute atomic E-state index is 12.9. The van der Waals surface area contributed by atoms with Crippen LogP contribution < -0.4 is 10.1 Å². The Labute approximate surface area is 178 Å². The zero-order chi connectivity index (χ0) is 21.5. The van der Waals surface area contributed by atoms with Gasteiger partial charge in [-0.1, -0.05) is 25.1 Å². The molecule has 2 heterocycles. The highest BCUT2D eigenvalue weighted by atomic mass is 16.5. The van der Waals surface area contributed by atoms with Gasteiger partial charge in [0.2, 0.25) is 11.8 Å². The number of aryl methyl sites for hydroxylation is 1. The summed E-state index contributed by atoms with van der Waals surface area (Å²) in [6, 6.07) is 11.3. The Hall–Kier alpha value is -2.93. The molecular formula is C23H30N4O3. The highest BCUT2D eigenvalue weighted by Crippen LogP contribution is 2.18. The Bertz CT molecular complexity index is 869. The molecule has 1 aliphatic rings. The molecular weight excluding hydrogens is 380 g/mol. The maximum atomic E-state index is 12.9. The molecule has 3 rings (SSSR count). The molecule has 0 bridgehead atoms. The molecule has 7 heteroatoms. The van der Waals surface area contributed by atoms with Crippen LogP contribution in [0.25, 0.3) is 0 Å². The zero-order valence-electron chi connectivity index (χ0n) is 17.9. The van der Waals surface area contributed by atoms with Gasteiger partial charge in [-0.3, -0.25) is 19.5 Å². The van der Waals surface area contributed by atoms with Gasteiger partial charge in [-0.05, 0) is 35.7 Å². The molecule has 0 saturated carbocycles. The molecule has 2 amide bonds. The fourth-order valence-electron chi connectivity index (χ4n) is 3.59. The summed E-state index contributed by atoms with van der Waals surface area (Å²) in [4.78, 5) is 33.5. The first-order valence-corrected chi connectivity index (χ1v) is 10.3. The van der Waals surface area contributed by atoms with Gasteiger partial charge in [0, 0.05) is 32.9 Å². The van der Waals surface area contributed by atoms with Crippen LogP contribution >= 0.6 is 0 Å². The minimum atomic E-state index is -0.490. The molecule has 0 aliphatic carbocycles. The van der Waals surface area contributed by atoms with Crippen molar-refractivity contribution < 1.29 is 14.3 Å². The molecule has 1 saturated heterocycles. The number of rotatable bonds is 8. The second kappa shape index (κ2) is 10.2. The molecule has 1 aliphatic heterocycles. The van der Waals surface area contributed by atoms with Crippen molar-refractivity contribution in [1.82, 2.24) is 20.1 Å². The Kier molecular flexibility index (Phi) is 7.41. The van der Waals surface area contributed by atoms with Crippen LogP contribution in [0.3, 0.4) is 0 Å². The molecule has 1 aromatic carbocycles. The van der Waals surface area contributed by atoms with E-state index >= 15 is 0 Å². The Morgan fingerprint density at radius 2 is 2.13 bits per heavy atom. The minimum absolute atomic E-state index is 0.0749. The summed E-state index contributed by atoms with van der Waals surface area (Å²) in [6.45, 7) is 4.37. The third-order valence-corrected chi connectivity index (χ3v) is 5.45. The molecule has 7 nitrogen and oxygen atoms in total. The number of amides is 2. The van der Waals surface area contributed by atoms with E-state index in [0.29, 0.717) is 26.2 Å². The summed E-state index contributed by atoms with van der Waals surface area (Å²) in [5, 5.41) is 2.89. The number of hydrogen-bond donors (Lipinski definition) is 1. The first-order chi connectivity index (χ1) is 14.5. The molecule has 1 aromatic heterocycles. The number of piperazine rings is 1. The highest BCUT2D eigenvalue weighted by Gasteiger charge is 2.32. The smallest absolute Gasteiger partial charge is 0.237 e. The largest absolute Gasteiger partial charge is 0.497 e. The van der Waals surface area contributed by atoms with E-state index in [0.717, 1.165) is 23.4 Å². The van der Waals surface area contributed by atoms with Gasteiger partial charge in [0.1, 0.15) is 5.75 Å². The van der Waals surface area contributed by atoms with Crippen LogP contribution in [0.1, 0.15) is 30.2 Å². The lowest BCUT2D eigenvalue weighted by Crippen LogP contribution is -2.56. The van der Waals surface area contributed by atoms with Gasteiger partial charge < -0.3 is 15.0 Å². The van der Waals surface area contributed by atoms with E-state index in [1.165, 1.54) is 5.56 Å². The van der Waals surface area contributed by atoms with Gasteiger partial charge in [0.15, 0.2) is 0 Å². The number of carbonyl (C=O) groups excluding carboxylic acids is 2. The SMILES string of the molecule is CCc1ccc(CN(C)C(=O)C[C@@H]2C(=O)NCCN2Cc2cccc(OC)c2)nc1. The standard InChI is InChI=1S/C23H30N4O3/c1-4-17-8-9-19(25-14-17)16-26(2)22(28)13-21-23(29)24-10-11-27(21)15-18-6-5-7-20(12-18)30-3/h5-9,12,14,21H,4,10-11,13,15-16H2,1-3H3,(H,24,29)/t21-/m1/s1. The topological polar surface area (TPSA) is 74.8 Å². The lowest BCUT2D eigenvalue weighted by Gasteiger charge is -2.35. The van der Waals surface area contributed by atoms with Crippen molar-refractivity contribution in [3.8, 4) is 5.75 Å². The fraction of sp³-hybridized carbons (Fsp3) is 0.435. The summed E-state index contributed by atoms with van der Waals surface area (Å²) in [5.41, 5.74) is 3.05. The minimum Gasteiger partial charge on any atom is -0.497 e. The van der Waals surface area contributed by atoms with Gasteiger partial charge in [0.05, 0.1) is 31.8 Å². The molecule has 30 heavy (non-hydrogen) atoms. The molecule has 160 valence electrons. The molecule has 0 unspecified atom stereocenters. The summed E-state index contributed by atoms with van der Waals surface area (Å²) < 4.78 is 5.29. The monoisotopic (exact) mass is 410 g/mol. The molecule has 1 atom stereocenters. The predicted molar refractivity (Wildman–Crippen MR) is 115 cm³/mol. The number of methoxy groups -OCH3 is 1. The van der Waals surface area contributed by atoms with Gasteiger partial charge in [-0.25, -0.2) is 0 Å². The number of nitrogens with one attached hydrogen (secondary N) is 1. The van der Waals surface area contributed by atoms with E-state index < -0.39 is 6.04 Å². The van der Waals surface area contributed by atoms with Crippen molar-refractivity contribution >= 4 is 11.8 Å². The number of pyridine rings is 1. The number of benzene rings is 1. The lowest BCUT2D eigenvalue weighted by atomic mass is 10.1. The van der Waals surface area contributed by atoms with Crippen molar-refractivity contribution in [3.63, 3.8) is 0 Å². The van der Waals surface area contributed by atoms with E-state index in [1.807, 2.05) is 42.6 Å². The van der Waals surface area contributed by atoms with E-state index in [2.05, 4.69) is 22.1 Å². The van der Waals surface area contributed by atoms with Crippen LogP contribution in [-0.4, -0.2) is 59.9 Å². The van der Waals surface area contributed by atoms with Crippen LogP contribution in [-0.2, 0) is 29.1 Å². The van der Waals surface area contributed by atoms with Crippen LogP contribution in [0.15, 0.2) is 42.6 Å². The Morgan fingerprint density at radius 3 is 2.83 bits per heavy atom. The molecule has 0 spiro atoms. The molecule has 0 radical (unpaired) electrons. The lowest BCUT2D eigenvalue weighted by molar-refractivity contribution is -0.138. The number of aromatic nitrogens is 1. The molecule has 1 N–H and O–H groups in total. The van der Waals surface area contributed by atoms with Gasteiger partial charge in [-0.2, -0.15) is 0 Å². The maximum Gasteiger partial charge on any atom is 0.237 e. The fourth-order valence-corrected chi connectivity index (χ4v) is 3.59. The number of hydrogen-bond acceptors (Lipinski definition) is 5. The van der Waals surface area contributed by atoms with E-state index in [9.17, 15) is 9.59 Å². The van der Waals surface area contributed by atoms with Gasteiger partial charge in [0.25, 0.3) is 0 Å². The van der Waals surface area contributed by atoms with Gasteiger partial charge in [-0.15, -0.1) is 0 Å². The molecule has 1 fully saturated rings. The van der Waals surface area contributed by atoms with Crippen LogP contribution in [0, 0.1) is 0 Å². The highest BCUT2D eigenvalue weighted by molar-refractivity contribution is 5.88. The second-order valence-electron chi connectivity index (χ2n) is 7.59. The quantitative estimate of drug-likeness (QED) is 0.721. The first kappa shape index (κ1) is 21.8. The number of nitrogens with zero attached hydrogens (tertiary/aromatic N) is 3. The summed E-state index contributed by atoms with van der Waals surface area (Å²) in [5.74, 6) is 0.605. The number of carbonyl (C=O) groups is 2.